The van der Waals surface area contributed by atoms with E-state index >= 15 is 0 Å². The van der Waals surface area contributed by atoms with Gasteiger partial charge in [0.15, 0.2) is 6.61 Å². The van der Waals surface area contributed by atoms with Crippen molar-refractivity contribution in [1.82, 2.24) is 5.32 Å². The molecule has 1 fully saturated rings. The molecule has 0 radical (unpaired) electrons. The first-order valence-electron chi connectivity index (χ1n) is 9.26. The summed E-state index contributed by atoms with van der Waals surface area (Å²) in [6, 6.07) is 13.8. The van der Waals surface area contributed by atoms with Crippen molar-refractivity contribution in [2.45, 2.75) is 18.9 Å². The number of rotatable bonds is 9. The highest BCUT2D eigenvalue weighted by Crippen LogP contribution is 2.32. The molecular formula is C21H25N3O4. The maximum Gasteiger partial charge on any atom is 0.262 e. The molecule has 0 aromatic heterocycles. The Balaban J connectivity index is 1.48. The fourth-order valence-corrected chi connectivity index (χ4v) is 2.87. The minimum absolute atomic E-state index is 0.0312. The van der Waals surface area contributed by atoms with Crippen LogP contribution in [0.3, 0.4) is 0 Å². The van der Waals surface area contributed by atoms with Gasteiger partial charge in [0, 0.05) is 29.9 Å². The molecule has 1 atom stereocenters. The molecule has 0 saturated heterocycles. The number of carbonyl (C=O) groups excluding carboxylic acids is 2. The Labute approximate surface area is 164 Å². The lowest BCUT2D eigenvalue weighted by Gasteiger charge is -2.16. The van der Waals surface area contributed by atoms with Crippen molar-refractivity contribution >= 4 is 17.5 Å². The largest absolute Gasteiger partial charge is 0.497 e. The third-order valence-corrected chi connectivity index (χ3v) is 4.60. The van der Waals surface area contributed by atoms with Gasteiger partial charge in [-0.05, 0) is 55.2 Å². The molecule has 1 unspecified atom stereocenters. The van der Waals surface area contributed by atoms with Gasteiger partial charge in [0.25, 0.3) is 11.8 Å². The second kappa shape index (κ2) is 9.23. The molecule has 7 nitrogen and oxygen atoms in total. The summed E-state index contributed by atoms with van der Waals surface area (Å²) < 4.78 is 10.6. The van der Waals surface area contributed by atoms with Crippen LogP contribution < -0.4 is 25.8 Å². The van der Waals surface area contributed by atoms with Crippen LogP contribution in [0, 0.1) is 5.92 Å². The van der Waals surface area contributed by atoms with Crippen molar-refractivity contribution in [2.75, 3.05) is 25.6 Å². The second-order valence-electron chi connectivity index (χ2n) is 6.75. The van der Waals surface area contributed by atoms with E-state index in [2.05, 4.69) is 10.6 Å². The summed E-state index contributed by atoms with van der Waals surface area (Å²) in [7, 11) is 1.57. The molecule has 28 heavy (non-hydrogen) atoms. The maximum absolute atomic E-state index is 12.3. The molecule has 7 heteroatoms. The van der Waals surface area contributed by atoms with Gasteiger partial charge in [-0.15, -0.1) is 0 Å². The van der Waals surface area contributed by atoms with Crippen molar-refractivity contribution < 1.29 is 19.1 Å². The molecule has 2 amide bonds. The summed E-state index contributed by atoms with van der Waals surface area (Å²) in [6.45, 7) is 0.305. The van der Waals surface area contributed by atoms with Gasteiger partial charge >= 0.3 is 0 Å². The van der Waals surface area contributed by atoms with Crippen LogP contribution in [0.2, 0.25) is 0 Å². The number of ether oxygens (including phenoxy) is 2. The molecule has 3 rings (SSSR count). The van der Waals surface area contributed by atoms with Gasteiger partial charge < -0.3 is 25.8 Å². The molecule has 1 aliphatic rings. The topological polar surface area (TPSA) is 103 Å². The van der Waals surface area contributed by atoms with E-state index in [0.717, 1.165) is 12.8 Å². The van der Waals surface area contributed by atoms with Crippen molar-refractivity contribution in [3.8, 4) is 11.5 Å². The fraction of sp³-hybridized carbons (Fsp3) is 0.333. The lowest BCUT2D eigenvalue weighted by atomic mass is 10.1. The third-order valence-electron chi connectivity index (χ3n) is 4.60. The van der Waals surface area contributed by atoms with Crippen LogP contribution >= 0.6 is 0 Å². The first-order valence-corrected chi connectivity index (χ1v) is 9.26. The average Bonchev–Trinajstić information content (AvgIpc) is 3.56. The van der Waals surface area contributed by atoms with Gasteiger partial charge in [0.2, 0.25) is 0 Å². The predicted molar refractivity (Wildman–Crippen MR) is 107 cm³/mol. The van der Waals surface area contributed by atoms with Gasteiger partial charge in [-0.2, -0.15) is 0 Å². The fourth-order valence-electron chi connectivity index (χ4n) is 2.87. The lowest BCUT2D eigenvalue weighted by Crippen LogP contribution is -2.41. The van der Waals surface area contributed by atoms with Gasteiger partial charge in [-0.1, -0.05) is 6.07 Å². The molecule has 1 saturated carbocycles. The number of amides is 2. The minimum atomic E-state index is -0.287. The number of nitrogens with one attached hydrogen (secondary N) is 2. The van der Waals surface area contributed by atoms with Gasteiger partial charge in [-0.25, -0.2) is 0 Å². The summed E-state index contributed by atoms with van der Waals surface area (Å²) in [4.78, 5) is 24.3. The highest BCUT2D eigenvalue weighted by atomic mass is 16.5. The first-order chi connectivity index (χ1) is 13.6. The molecule has 0 bridgehead atoms. The van der Waals surface area contributed by atoms with Crippen molar-refractivity contribution in [3.63, 3.8) is 0 Å². The Morgan fingerprint density at radius 2 is 1.89 bits per heavy atom. The van der Waals surface area contributed by atoms with E-state index in [1.165, 1.54) is 0 Å². The van der Waals surface area contributed by atoms with Crippen LogP contribution in [0.1, 0.15) is 23.2 Å². The second-order valence-corrected chi connectivity index (χ2v) is 6.75. The Bertz CT molecular complexity index is 819. The number of methoxy groups -OCH3 is 1. The Kier molecular flexibility index (Phi) is 6.49. The van der Waals surface area contributed by atoms with Crippen molar-refractivity contribution in [2.24, 2.45) is 11.7 Å². The predicted octanol–water partition coefficient (Wildman–Crippen LogP) is 2.18. The zero-order valence-electron chi connectivity index (χ0n) is 15.8. The zero-order valence-corrected chi connectivity index (χ0v) is 15.8. The highest BCUT2D eigenvalue weighted by Gasteiger charge is 2.31. The summed E-state index contributed by atoms with van der Waals surface area (Å²) in [6.07, 6.45) is 2.24. The summed E-state index contributed by atoms with van der Waals surface area (Å²) >= 11 is 0. The van der Waals surface area contributed by atoms with Crippen molar-refractivity contribution in [1.29, 1.82) is 0 Å². The highest BCUT2D eigenvalue weighted by molar-refractivity contribution is 5.94. The normalized spacial score (nSPS) is 14.1. The molecule has 0 spiro atoms. The van der Waals surface area contributed by atoms with E-state index in [0.29, 0.717) is 35.2 Å². The van der Waals surface area contributed by atoms with E-state index in [4.69, 9.17) is 15.2 Å². The number of hydrogen-bond donors (Lipinski definition) is 3. The van der Waals surface area contributed by atoms with E-state index in [1.807, 2.05) is 0 Å². The molecular weight excluding hydrogens is 358 g/mol. The summed E-state index contributed by atoms with van der Waals surface area (Å²) in [5, 5.41) is 5.71. The number of nitrogens with two attached hydrogens (primary N) is 1. The Morgan fingerprint density at radius 1 is 1.14 bits per heavy atom. The minimum Gasteiger partial charge on any atom is -0.497 e. The molecule has 148 valence electrons. The van der Waals surface area contributed by atoms with Crippen LogP contribution in [0.4, 0.5) is 5.69 Å². The molecule has 0 aliphatic heterocycles. The van der Waals surface area contributed by atoms with E-state index in [-0.39, 0.29) is 24.5 Å². The van der Waals surface area contributed by atoms with Crippen LogP contribution in [-0.4, -0.2) is 38.1 Å². The van der Waals surface area contributed by atoms with E-state index in [9.17, 15) is 9.59 Å². The molecule has 2 aromatic rings. The van der Waals surface area contributed by atoms with Crippen LogP contribution in [-0.2, 0) is 4.79 Å². The number of anilines is 1. The van der Waals surface area contributed by atoms with Gasteiger partial charge in [0.1, 0.15) is 11.5 Å². The van der Waals surface area contributed by atoms with Gasteiger partial charge in [-0.3, -0.25) is 9.59 Å². The average molecular weight is 383 g/mol. The van der Waals surface area contributed by atoms with Gasteiger partial charge in [0.05, 0.1) is 7.11 Å². The van der Waals surface area contributed by atoms with Crippen LogP contribution in [0.25, 0.3) is 0 Å². The Morgan fingerprint density at radius 3 is 2.54 bits per heavy atom. The molecule has 0 heterocycles. The van der Waals surface area contributed by atoms with Crippen molar-refractivity contribution in [3.05, 3.63) is 54.1 Å². The summed E-state index contributed by atoms with van der Waals surface area (Å²) in [5.74, 6) is 1.23. The van der Waals surface area contributed by atoms with E-state index in [1.54, 1.807) is 55.6 Å². The Hall–Kier alpha value is -3.06. The number of hydrogen-bond acceptors (Lipinski definition) is 5. The third kappa shape index (κ3) is 5.47. The quantitative estimate of drug-likeness (QED) is 0.616. The first kappa shape index (κ1) is 19.7. The van der Waals surface area contributed by atoms with Crippen LogP contribution in [0.15, 0.2) is 48.5 Å². The number of benzene rings is 2. The molecule has 2 aromatic carbocycles. The lowest BCUT2D eigenvalue weighted by molar-refractivity contribution is -0.118. The molecule has 4 N–H and O–H groups in total. The monoisotopic (exact) mass is 383 g/mol. The smallest absolute Gasteiger partial charge is 0.262 e. The molecule has 1 aliphatic carbocycles. The number of carbonyl (C=O) groups is 2. The zero-order chi connectivity index (χ0) is 19.9. The van der Waals surface area contributed by atoms with Crippen LogP contribution in [0.5, 0.6) is 11.5 Å². The van der Waals surface area contributed by atoms with E-state index < -0.39 is 0 Å². The summed E-state index contributed by atoms with van der Waals surface area (Å²) in [5.41, 5.74) is 6.89. The SMILES string of the molecule is COc1cccc(NC(=O)COc2ccc(C(=O)NC(CN)C3CC3)cc2)c1. The maximum atomic E-state index is 12.3. The standard InChI is InChI=1S/C21H25N3O4/c1-27-18-4-2-3-16(11-18)23-20(25)13-28-17-9-7-15(8-10-17)21(26)24-19(12-22)14-5-6-14/h2-4,7-11,14,19H,5-6,12-13,22H2,1H3,(H,23,25)(H,24,26).